The van der Waals surface area contributed by atoms with Crippen molar-refractivity contribution in [1.82, 2.24) is 0 Å². The van der Waals surface area contributed by atoms with Crippen LogP contribution in [0.25, 0.3) is 0 Å². The molecule has 0 aromatic heterocycles. The molecule has 1 amide bonds. The Hall–Kier alpha value is -2.09. The molecule has 2 aromatic carbocycles. The van der Waals surface area contributed by atoms with Crippen LogP contribution < -0.4 is 5.32 Å². The minimum atomic E-state index is -0.182. The molecule has 0 aliphatic heterocycles. The highest BCUT2D eigenvalue weighted by Crippen LogP contribution is 2.66. The number of carbonyl (C=O) groups excluding carboxylic acids is 1. The summed E-state index contributed by atoms with van der Waals surface area (Å²) in [6, 6.07) is 17.3. The number of carbonyl (C=O) groups is 1. The monoisotopic (exact) mass is 359 g/mol. The van der Waals surface area contributed by atoms with Crippen LogP contribution in [-0.4, -0.2) is 5.91 Å². The van der Waals surface area contributed by atoms with Crippen LogP contribution >= 0.6 is 0 Å². The zero-order valence-electron chi connectivity index (χ0n) is 16.4. The van der Waals surface area contributed by atoms with Gasteiger partial charge in [0.1, 0.15) is 0 Å². The van der Waals surface area contributed by atoms with E-state index in [1.165, 1.54) is 36.0 Å². The average Bonchev–Trinajstić information content (AvgIpc) is 2.61. The predicted molar refractivity (Wildman–Crippen MR) is 110 cm³/mol. The maximum atomic E-state index is 13.5. The van der Waals surface area contributed by atoms with Gasteiger partial charge in [0.2, 0.25) is 5.91 Å². The molecule has 4 bridgehead atoms. The number of rotatable bonds is 3. The highest BCUT2D eigenvalue weighted by molar-refractivity contribution is 5.96. The predicted octanol–water partition coefficient (Wildman–Crippen LogP) is 5.78. The van der Waals surface area contributed by atoms with E-state index in [4.69, 9.17) is 0 Å². The van der Waals surface area contributed by atoms with Gasteiger partial charge in [0, 0.05) is 5.69 Å². The molecule has 4 fully saturated rings. The summed E-state index contributed by atoms with van der Waals surface area (Å²) in [6.45, 7) is 4.23. The lowest BCUT2D eigenvalue weighted by atomic mass is 9.42. The molecule has 2 heteroatoms. The Labute approximate surface area is 162 Å². The molecule has 2 aromatic rings. The van der Waals surface area contributed by atoms with Crippen LogP contribution in [0.5, 0.6) is 0 Å². The molecule has 0 radical (unpaired) electrons. The molecular formula is C25H29NO. The van der Waals surface area contributed by atoms with E-state index in [2.05, 4.69) is 55.6 Å². The smallest absolute Gasteiger partial charge is 0.230 e. The normalized spacial score (nSPS) is 33.9. The van der Waals surface area contributed by atoms with Gasteiger partial charge in [-0.3, -0.25) is 4.79 Å². The number of anilines is 1. The SMILES string of the molecule is Cc1ccc(C23C[C@H]4C[C@@H](CC(C(=O)Nc5cccc(C)c5)(C4)C2)C3)cc1. The summed E-state index contributed by atoms with van der Waals surface area (Å²) in [6.07, 6.45) is 7.04. The Balaban J connectivity index is 1.47. The molecule has 0 spiro atoms. The van der Waals surface area contributed by atoms with Crippen molar-refractivity contribution in [3.63, 3.8) is 0 Å². The third kappa shape index (κ3) is 2.81. The van der Waals surface area contributed by atoms with E-state index < -0.39 is 0 Å². The van der Waals surface area contributed by atoms with Gasteiger partial charge in [0.05, 0.1) is 5.41 Å². The number of nitrogens with one attached hydrogen (secondary N) is 1. The Morgan fingerprint density at radius 1 is 0.926 bits per heavy atom. The van der Waals surface area contributed by atoms with Gasteiger partial charge in [-0.1, -0.05) is 42.0 Å². The van der Waals surface area contributed by atoms with Gasteiger partial charge in [-0.2, -0.15) is 0 Å². The second-order valence-corrected chi connectivity index (χ2v) is 9.71. The maximum Gasteiger partial charge on any atom is 0.230 e. The summed E-state index contributed by atoms with van der Waals surface area (Å²) in [5.74, 6) is 1.67. The van der Waals surface area contributed by atoms with Crippen molar-refractivity contribution in [2.75, 3.05) is 5.32 Å². The van der Waals surface area contributed by atoms with Gasteiger partial charge in [0.25, 0.3) is 0 Å². The molecule has 0 saturated heterocycles. The zero-order chi connectivity index (χ0) is 18.6. The first-order valence-electron chi connectivity index (χ1n) is 10.4. The lowest BCUT2D eigenvalue weighted by molar-refractivity contribution is -0.143. The molecule has 2 atom stereocenters. The van der Waals surface area contributed by atoms with E-state index in [-0.39, 0.29) is 16.7 Å². The Morgan fingerprint density at radius 3 is 2.30 bits per heavy atom. The van der Waals surface area contributed by atoms with Crippen molar-refractivity contribution in [2.45, 2.75) is 57.8 Å². The second kappa shape index (κ2) is 5.95. The fourth-order valence-electron chi connectivity index (χ4n) is 6.76. The fourth-order valence-corrected chi connectivity index (χ4v) is 6.76. The summed E-state index contributed by atoms with van der Waals surface area (Å²) in [5, 5.41) is 3.28. The summed E-state index contributed by atoms with van der Waals surface area (Å²) in [5.41, 5.74) is 4.94. The lowest BCUT2D eigenvalue weighted by Gasteiger charge is -2.61. The van der Waals surface area contributed by atoms with Crippen LogP contribution in [0.1, 0.15) is 55.2 Å². The molecule has 27 heavy (non-hydrogen) atoms. The maximum absolute atomic E-state index is 13.5. The van der Waals surface area contributed by atoms with E-state index in [9.17, 15) is 4.79 Å². The summed E-state index contributed by atoms with van der Waals surface area (Å²) >= 11 is 0. The van der Waals surface area contributed by atoms with Crippen molar-refractivity contribution in [3.05, 3.63) is 65.2 Å². The van der Waals surface area contributed by atoms with Gasteiger partial charge >= 0.3 is 0 Å². The van der Waals surface area contributed by atoms with Crippen LogP contribution in [0.2, 0.25) is 0 Å². The van der Waals surface area contributed by atoms with Crippen molar-refractivity contribution in [2.24, 2.45) is 17.3 Å². The van der Waals surface area contributed by atoms with Gasteiger partial charge in [-0.25, -0.2) is 0 Å². The minimum absolute atomic E-state index is 0.182. The zero-order valence-corrected chi connectivity index (χ0v) is 16.4. The van der Waals surface area contributed by atoms with Crippen LogP contribution in [0.15, 0.2) is 48.5 Å². The molecule has 4 aliphatic rings. The van der Waals surface area contributed by atoms with Crippen LogP contribution in [-0.2, 0) is 10.2 Å². The summed E-state index contributed by atoms with van der Waals surface area (Å²) < 4.78 is 0. The van der Waals surface area contributed by atoms with Crippen molar-refractivity contribution >= 4 is 11.6 Å². The number of hydrogen-bond donors (Lipinski definition) is 1. The standard InChI is InChI=1S/C25H29NO/c1-17-6-8-21(9-7-17)24-12-19-11-20(13-24)15-25(14-19,16-24)23(27)26-22-5-3-4-18(2)10-22/h3-10,19-20H,11-16H2,1-2H3,(H,26,27)/t19-,20-,24?,25?/m1/s1. The highest BCUT2D eigenvalue weighted by atomic mass is 16.2. The number of benzene rings is 2. The van der Waals surface area contributed by atoms with Gasteiger partial charge in [-0.15, -0.1) is 0 Å². The topological polar surface area (TPSA) is 29.1 Å². The first-order chi connectivity index (χ1) is 13.0. The summed E-state index contributed by atoms with van der Waals surface area (Å²) in [4.78, 5) is 13.5. The lowest BCUT2D eigenvalue weighted by Crippen LogP contribution is -2.57. The first-order valence-corrected chi connectivity index (χ1v) is 10.4. The van der Waals surface area contributed by atoms with E-state index >= 15 is 0 Å². The third-order valence-electron chi connectivity index (χ3n) is 7.48. The molecule has 1 N–H and O–H groups in total. The van der Waals surface area contributed by atoms with Gasteiger partial charge in [0.15, 0.2) is 0 Å². The average molecular weight is 360 g/mol. The Bertz CT molecular complexity index is 867. The number of hydrogen-bond acceptors (Lipinski definition) is 1. The number of amides is 1. The minimum Gasteiger partial charge on any atom is -0.326 e. The third-order valence-corrected chi connectivity index (χ3v) is 7.48. The largest absolute Gasteiger partial charge is 0.326 e. The molecule has 0 heterocycles. The molecule has 6 rings (SSSR count). The highest BCUT2D eigenvalue weighted by Gasteiger charge is 2.60. The molecule has 4 aliphatic carbocycles. The molecule has 4 saturated carbocycles. The van der Waals surface area contributed by atoms with Crippen LogP contribution in [0, 0.1) is 31.1 Å². The van der Waals surface area contributed by atoms with Crippen LogP contribution in [0.4, 0.5) is 5.69 Å². The van der Waals surface area contributed by atoms with Gasteiger partial charge < -0.3 is 5.32 Å². The number of aryl methyl sites for hydroxylation is 2. The fraction of sp³-hybridized carbons (Fsp3) is 0.480. The van der Waals surface area contributed by atoms with Crippen molar-refractivity contribution in [3.8, 4) is 0 Å². The van der Waals surface area contributed by atoms with Crippen molar-refractivity contribution in [1.29, 1.82) is 0 Å². The van der Waals surface area contributed by atoms with E-state index in [0.29, 0.717) is 11.8 Å². The summed E-state index contributed by atoms with van der Waals surface area (Å²) in [7, 11) is 0. The van der Waals surface area contributed by atoms with E-state index in [1.807, 2.05) is 12.1 Å². The second-order valence-electron chi connectivity index (χ2n) is 9.71. The van der Waals surface area contributed by atoms with Crippen molar-refractivity contribution < 1.29 is 4.79 Å². The molecule has 140 valence electrons. The van der Waals surface area contributed by atoms with Gasteiger partial charge in [-0.05, 0) is 92.9 Å². The first kappa shape index (κ1) is 17.0. The molecule has 2 nitrogen and oxygen atoms in total. The quantitative estimate of drug-likeness (QED) is 0.739. The van der Waals surface area contributed by atoms with Crippen LogP contribution in [0.3, 0.4) is 0 Å². The van der Waals surface area contributed by atoms with E-state index in [0.717, 1.165) is 24.9 Å². The molecular weight excluding hydrogens is 330 g/mol. The Morgan fingerprint density at radius 2 is 1.63 bits per heavy atom. The molecule has 0 unspecified atom stereocenters. The Kier molecular flexibility index (Phi) is 3.76. The van der Waals surface area contributed by atoms with E-state index in [1.54, 1.807) is 0 Å².